The van der Waals surface area contributed by atoms with Gasteiger partial charge in [-0.15, -0.1) is 0 Å². The SMILES string of the molecule is C[SiH](C)C(C)(C)COCCCc1ccc(Br)cc1. The Bertz CT molecular complexity index is 346. The van der Waals surface area contributed by atoms with Crippen LogP contribution in [0.1, 0.15) is 25.8 Å². The average molecular weight is 329 g/mol. The molecule has 0 aliphatic rings. The molecule has 102 valence electrons. The highest BCUT2D eigenvalue weighted by Gasteiger charge is 2.23. The van der Waals surface area contributed by atoms with Gasteiger partial charge in [-0.3, -0.25) is 0 Å². The van der Waals surface area contributed by atoms with E-state index in [0.717, 1.165) is 30.5 Å². The van der Waals surface area contributed by atoms with Gasteiger partial charge in [0.1, 0.15) is 0 Å². The molecule has 1 aromatic carbocycles. The lowest BCUT2D eigenvalue weighted by atomic mass is 10.1. The Labute approximate surface area is 122 Å². The third-order valence-corrected chi connectivity index (χ3v) is 7.53. The molecule has 18 heavy (non-hydrogen) atoms. The van der Waals surface area contributed by atoms with Crippen molar-refractivity contribution in [1.82, 2.24) is 0 Å². The summed E-state index contributed by atoms with van der Waals surface area (Å²) in [6, 6.07) is 8.55. The van der Waals surface area contributed by atoms with E-state index in [1.54, 1.807) is 0 Å². The first kappa shape index (κ1) is 15.9. The van der Waals surface area contributed by atoms with Crippen molar-refractivity contribution in [3.63, 3.8) is 0 Å². The van der Waals surface area contributed by atoms with Crippen molar-refractivity contribution in [2.45, 2.75) is 44.8 Å². The van der Waals surface area contributed by atoms with Gasteiger partial charge in [0.2, 0.25) is 0 Å². The van der Waals surface area contributed by atoms with E-state index in [-0.39, 0.29) is 0 Å². The lowest BCUT2D eigenvalue weighted by Crippen LogP contribution is -2.26. The van der Waals surface area contributed by atoms with Crippen LogP contribution in [-0.4, -0.2) is 22.0 Å². The molecule has 0 heterocycles. The van der Waals surface area contributed by atoms with Crippen molar-refractivity contribution in [2.75, 3.05) is 13.2 Å². The van der Waals surface area contributed by atoms with Crippen molar-refractivity contribution in [2.24, 2.45) is 0 Å². The molecule has 0 aliphatic heterocycles. The summed E-state index contributed by atoms with van der Waals surface area (Å²) in [5.74, 6) is 0. The number of aryl methyl sites for hydroxylation is 1. The van der Waals surface area contributed by atoms with Crippen LogP contribution in [0.5, 0.6) is 0 Å². The van der Waals surface area contributed by atoms with Crippen LogP contribution < -0.4 is 0 Å². The summed E-state index contributed by atoms with van der Waals surface area (Å²) in [6.07, 6.45) is 2.21. The number of hydrogen-bond donors (Lipinski definition) is 0. The molecular formula is C15H25BrOSi. The third-order valence-electron chi connectivity index (χ3n) is 3.70. The topological polar surface area (TPSA) is 9.23 Å². The van der Waals surface area contributed by atoms with Crippen molar-refractivity contribution in [1.29, 1.82) is 0 Å². The summed E-state index contributed by atoms with van der Waals surface area (Å²) in [5.41, 5.74) is 1.39. The molecule has 0 aliphatic carbocycles. The Morgan fingerprint density at radius 1 is 1.17 bits per heavy atom. The standard InChI is InChI=1S/C15H25BrOSi/c1-15(2,18(3)4)12-17-11-5-6-13-7-9-14(16)10-8-13/h7-10,18H,5-6,11-12H2,1-4H3. The molecule has 1 aromatic rings. The van der Waals surface area contributed by atoms with Gasteiger partial charge in [-0.2, -0.15) is 0 Å². The first-order chi connectivity index (χ1) is 8.42. The van der Waals surface area contributed by atoms with Crippen molar-refractivity contribution in [3.05, 3.63) is 34.3 Å². The number of benzene rings is 1. The van der Waals surface area contributed by atoms with E-state index < -0.39 is 8.80 Å². The minimum atomic E-state index is -0.627. The van der Waals surface area contributed by atoms with E-state index >= 15 is 0 Å². The maximum atomic E-state index is 5.83. The van der Waals surface area contributed by atoms with E-state index in [9.17, 15) is 0 Å². The molecule has 0 saturated carbocycles. The van der Waals surface area contributed by atoms with Crippen LogP contribution in [-0.2, 0) is 11.2 Å². The fourth-order valence-corrected chi connectivity index (χ4v) is 2.25. The second kappa shape index (κ2) is 7.46. The van der Waals surface area contributed by atoms with Crippen LogP contribution in [0.2, 0.25) is 18.1 Å². The summed E-state index contributed by atoms with van der Waals surface area (Å²) >= 11 is 3.45. The summed E-state index contributed by atoms with van der Waals surface area (Å²) in [7, 11) is -0.627. The first-order valence-corrected chi connectivity index (χ1v) is 10.4. The molecule has 0 saturated heterocycles. The Morgan fingerprint density at radius 3 is 2.33 bits per heavy atom. The lowest BCUT2D eigenvalue weighted by Gasteiger charge is -2.27. The lowest BCUT2D eigenvalue weighted by molar-refractivity contribution is 0.111. The second-order valence-electron chi connectivity index (χ2n) is 5.93. The largest absolute Gasteiger partial charge is 0.381 e. The summed E-state index contributed by atoms with van der Waals surface area (Å²) < 4.78 is 6.98. The van der Waals surface area contributed by atoms with Crippen molar-refractivity contribution >= 4 is 24.7 Å². The van der Waals surface area contributed by atoms with Crippen LogP contribution in [0.25, 0.3) is 0 Å². The molecule has 0 unspecified atom stereocenters. The smallest absolute Gasteiger partial charge is 0.0490 e. The minimum absolute atomic E-state index is 0.414. The van der Waals surface area contributed by atoms with Gasteiger partial charge in [0.25, 0.3) is 0 Å². The molecule has 0 aromatic heterocycles. The van der Waals surface area contributed by atoms with Crippen LogP contribution >= 0.6 is 15.9 Å². The molecule has 0 bridgehead atoms. The number of halogens is 1. The zero-order valence-corrected chi connectivity index (χ0v) is 14.7. The van der Waals surface area contributed by atoms with Crippen LogP contribution in [0, 0.1) is 0 Å². The molecule has 0 spiro atoms. The quantitative estimate of drug-likeness (QED) is 0.522. The molecule has 0 N–H and O–H groups in total. The summed E-state index contributed by atoms with van der Waals surface area (Å²) in [5, 5.41) is 0.414. The van der Waals surface area contributed by atoms with Gasteiger partial charge >= 0.3 is 0 Å². The predicted octanol–water partition coefficient (Wildman–Crippen LogP) is 4.67. The molecular weight excluding hydrogens is 304 g/mol. The molecule has 1 rings (SSSR count). The molecule has 0 atom stereocenters. The van der Waals surface area contributed by atoms with E-state index in [2.05, 4.69) is 67.1 Å². The highest BCUT2D eigenvalue weighted by molar-refractivity contribution is 9.10. The zero-order valence-electron chi connectivity index (χ0n) is 12.0. The Hall–Kier alpha value is -0.123. The Morgan fingerprint density at radius 2 is 1.78 bits per heavy atom. The van der Waals surface area contributed by atoms with Gasteiger partial charge < -0.3 is 4.74 Å². The van der Waals surface area contributed by atoms with E-state index in [4.69, 9.17) is 4.74 Å². The second-order valence-corrected chi connectivity index (χ2v) is 10.7. The Balaban J connectivity index is 2.18. The number of ether oxygens (including phenoxy) is 1. The van der Waals surface area contributed by atoms with Gasteiger partial charge in [-0.05, 0) is 35.6 Å². The van der Waals surface area contributed by atoms with Crippen LogP contribution in [0.4, 0.5) is 0 Å². The molecule has 0 radical (unpaired) electrons. The van der Waals surface area contributed by atoms with E-state index in [0.29, 0.717) is 5.04 Å². The highest BCUT2D eigenvalue weighted by atomic mass is 79.9. The van der Waals surface area contributed by atoms with Gasteiger partial charge in [-0.25, -0.2) is 0 Å². The summed E-state index contributed by atoms with van der Waals surface area (Å²) in [4.78, 5) is 0. The molecule has 0 amide bonds. The normalized spacial score (nSPS) is 12.1. The summed E-state index contributed by atoms with van der Waals surface area (Å²) in [6.45, 7) is 11.2. The number of rotatable bonds is 7. The average Bonchev–Trinajstić information content (AvgIpc) is 2.31. The van der Waals surface area contributed by atoms with Gasteiger partial charge in [0.15, 0.2) is 0 Å². The molecule has 1 nitrogen and oxygen atoms in total. The van der Waals surface area contributed by atoms with E-state index in [1.165, 1.54) is 5.56 Å². The van der Waals surface area contributed by atoms with Gasteiger partial charge in [0.05, 0.1) is 0 Å². The molecule has 0 fully saturated rings. The third kappa shape index (κ3) is 5.68. The minimum Gasteiger partial charge on any atom is -0.381 e. The maximum absolute atomic E-state index is 5.83. The maximum Gasteiger partial charge on any atom is 0.0490 e. The fraction of sp³-hybridized carbons (Fsp3) is 0.600. The fourth-order valence-electron chi connectivity index (χ4n) is 1.53. The monoisotopic (exact) mass is 328 g/mol. The van der Waals surface area contributed by atoms with Gasteiger partial charge in [-0.1, -0.05) is 55.0 Å². The van der Waals surface area contributed by atoms with E-state index in [1.807, 2.05) is 0 Å². The molecule has 3 heteroatoms. The predicted molar refractivity (Wildman–Crippen MR) is 86.2 cm³/mol. The van der Waals surface area contributed by atoms with Crippen LogP contribution in [0.15, 0.2) is 28.7 Å². The first-order valence-electron chi connectivity index (χ1n) is 6.74. The Kier molecular flexibility index (Phi) is 6.61. The van der Waals surface area contributed by atoms with Crippen LogP contribution in [0.3, 0.4) is 0 Å². The zero-order chi connectivity index (χ0) is 13.6. The van der Waals surface area contributed by atoms with Gasteiger partial charge in [0, 0.05) is 26.5 Å². The number of hydrogen-bond acceptors (Lipinski definition) is 1. The highest BCUT2D eigenvalue weighted by Crippen LogP contribution is 2.28. The van der Waals surface area contributed by atoms with Crippen molar-refractivity contribution < 1.29 is 4.74 Å². The van der Waals surface area contributed by atoms with Crippen molar-refractivity contribution in [3.8, 4) is 0 Å².